The second-order valence-electron chi connectivity index (χ2n) is 24.6. The molecule has 75 heavy (non-hydrogen) atoms. The summed E-state index contributed by atoms with van der Waals surface area (Å²) in [6.45, 7) is 4.12. The Kier molecular flexibility index (Phi) is 63.5. The molecule has 4 atom stereocenters. The summed E-state index contributed by atoms with van der Waals surface area (Å²) in [5.74, 6) is -0.573. The van der Waals surface area contributed by atoms with Crippen molar-refractivity contribution in [3.63, 3.8) is 0 Å². The number of hydrogen-bond donors (Lipinski definition) is 5. The monoisotopic (exact) mass is 1060 g/mol. The first-order valence-corrected chi connectivity index (χ1v) is 34.9. The molecule has 0 spiro atoms. The molecule has 0 aliphatic carbocycles. The quantitative estimate of drug-likeness (QED) is 0.0390. The first kappa shape index (κ1) is 74.3. The van der Waals surface area contributed by atoms with Crippen LogP contribution in [0.3, 0.4) is 0 Å². The summed E-state index contributed by atoms with van der Waals surface area (Å²) in [5.41, 5.74) is 0. The van der Waals surface area contributed by atoms with E-state index in [1.807, 2.05) is 0 Å². The van der Waals surface area contributed by atoms with Gasteiger partial charge in [-0.05, 0) is 12.8 Å². The van der Waals surface area contributed by atoms with Gasteiger partial charge in [-0.15, -0.1) is 0 Å². The van der Waals surface area contributed by atoms with Gasteiger partial charge in [0, 0.05) is 0 Å². The van der Waals surface area contributed by atoms with Gasteiger partial charge >= 0.3 is 0 Å². The lowest BCUT2D eigenvalue weighted by Crippen LogP contribution is -2.53. The van der Waals surface area contributed by atoms with Gasteiger partial charge in [-0.1, -0.05) is 393 Å². The Labute approximate surface area is 470 Å². The van der Waals surface area contributed by atoms with E-state index in [0.29, 0.717) is 12.8 Å². The van der Waals surface area contributed by atoms with Crippen LogP contribution in [0.4, 0.5) is 0 Å². The van der Waals surface area contributed by atoms with Crippen LogP contribution in [0.15, 0.2) is 0 Å². The zero-order chi connectivity index (χ0) is 54.4. The molecule has 0 heterocycles. The maximum absolute atomic E-state index is 12.7. The van der Waals surface area contributed by atoms with Crippen LogP contribution in [0.1, 0.15) is 406 Å². The van der Waals surface area contributed by atoms with Crippen LogP contribution < -0.4 is 5.32 Å². The highest BCUT2D eigenvalue weighted by Crippen LogP contribution is 2.20. The fourth-order valence-corrected chi connectivity index (χ4v) is 11.6. The van der Waals surface area contributed by atoms with Crippen molar-refractivity contribution in [1.29, 1.82) is 0 Å². The molecule has 450 valence electrons. The van der Waals surface area contributed by atoms with Crippen LogP contribution >= 0.6 is 0 Å². The van der Waals surface area contributed by atoms with Gasteiger partial charge in [-0.2, -0.15) is 0 Å². The van der Waals surface area contributed by atoms with Crippen molar-refractivity contribution in [2.75, 3.05) is 6.61 Å². The molecule has 0 aromatic rings. The molecular weight excluding hydrogens is 923 g/mol. The Morgan fingerprint density at radius 2 is 0.453 bits per heavy atom. The molecule has 0 aliphatic rings. The van der Waals surface area contributed by atoms with Gasteiger partial charge in [-0.25, -0.2) is 0 Å². The van der Waals surface area contributed by atoms with Crippen molar-refractivity contribution in [1.82, 2.24) is 5.32 Å². The van der Waals surface area contributed by atoms with Gasteiger partial charge in [0.05, 0.1) is 18.8 Å². The number of hydrogen-bond acceptors (Lipinski definition) is 5. The predicted molar refractivity (Wildman–Crippen MR) is 330 cm³/mol. The molecule has 0 fully saturated rings. The lowest BCUT2D eigenvalue weighted by Gasteiger charge is -2.27. The maximum atomic E-state index is 12.7. The van der Waals surface area contributed by atoms with E-state index in [0.717, 1.165) is 38.5 Å². The molecule has 0 bridgehead atoms. The third-order valence-corrected chi connectivity index (χ3v) is 17.1. The van der Waals surface area contributed by atoms with Crippen LogP contribution in [0.25, 0.3) is 0 Å². The summed E-state index contributed by atoms with van der Waals surface area (Å²) in [5, 5.41) is 44.3. The summed E-state index contributed by atoms with van der Waals surface area (Å²) in [6, 6.07) is -0.982. The Morgan fingerprint density at radius 1 is 0.280 bits per heavy atom. The SMILES string of the molecule is CCCCCCCCCCCCCCCCCCCCCCCCCCCCCCCCCCC(O)C(=O)NC(CO)C(O)C(O)CCCCCCCCCCCCCCCCCCCCCCCCCCCCC. The number of carbonyl (C=O) groups is 1. The minimum atomic E-state index is -1.26. The minimum Gasteiger partial charge on any atom is -0.394 e. The summed E-state index contributed by atoms with van der Waals surface area (Å²) in [4.78, 5) is 12.7. The van der Waals surface area contributed by atoms with Crippen LogP contribution in [0.5, 0.6) is 0 Å². The fourth-order valence-electron chi connectivity index (χ4n) is 11.6. The summed E-state index contributed by atoms with van der Waals surface area (Å²) in [7, 11) is 0. The van der Waals surface area contributed by atoms with Crippen molar-refractivity contribution in [3.05, 3.63) is 0 Å². The van der Waals surface area contributed by atoms with Crippen LogP contribution in [-0.2, 0) is 4.79 Å². The molecule has 4 unspecified atom stereocenters. The predicted octanol–water partition coefficient (Wildman–Crippen LogP) is 21.4. The number of nitrogens with one attached hydrogen (secondary N) is 1. The van der Waals surface area contributed by atoms with Gasteiger partial charge in [-0.3, -0.25) is 4.79 Å². The summed E-state index contributed by atoms with van der Waals surface area (Å²) >= 11 is 0. The standard InChI is InChI=1S/C69H139NO5/c1-3-5-7-9-11-13-15-17-19-21-23-25-27-29-31-32-33-34-35-37-39-41-43-45-47-49-51-53-55-57-59-61-63-67(73)69(75)70-65(64-71)68(74)66(72)62-60-58-56-54-52-50-48-46-44-42-40-38-36-30-28-26-24-22-20-18-16-14-12-10-8-6-4-2/h65-68,71-74H,3-64H2,1-2H3,(H,70,75). The second kappa shape index (κ2) is 64.1. The number of rotatable bonds is 66. The van der Waals surface area contributed by atoms with Gasteiger partial charge < -0.3 is 25.7 Å². The Balaban J connectivity index is 3.50. The Morgan fingerprint density at radius 3 is 0.640 bits per heavy atom. The first-order valence-electron chi connectivity index (χ1n) is 34.9. The van der Waals surface area contributed by atoms with Crippen LogP contribution in [0.2, 0.25) is 0 Å². The zero-order valence-corrected chi connectivity index (χ0v) is 51.3. The summed E-state index contributed by atoms with van der Waals surface area (Å²) < 4.78 is 0. The highest BCUT2D eigenvalue weighted by molar-refractivity contribution is 5.80. The molecular formula is C69H139NO5. The third-order valence-electron chi connectivity index (χ3n) is 17.1. The second-order valence-corrected chi connectivity index (χ2v) is 24.6. The molecule has 0 rings (SSSR count). The average molecular weight is 1060 g/mol. The van der Waals surface area contributed by atoms with Gasteiger partial charge in [0.25, 0.3) is 0 Å². The van der Waals surface area contributed by atoms with E-state index in [1.54, 1.807) is 0 Å². The van der Waals surface area contributed by atoms with E-state index in [9.17, 15) is 25.2 Å². The minimum absolute atomic E-state index is 0.377. The maximum Gasteiger partial charge on any atom is 0.249 e. The van der Waals surface area contributed by atoms with E-state index in [-0.39, 0.29) is 0 Å². The van der Waals surface area contributed by atoms with Crippen LogP contribution in [-0.4, -0.2) is 57.3 Å². The molecule has 0 saturated carbocycles. The molecule has 0 aliphatic heterocycles. The van der Waals surface area contributed by atoms with Gasteiger partial charge in [0.2, 0.25) is 5.91 Å². The van der Waals surface area contributed by atoms with Gasteiger partial charge in [0.15, 0.2) is 0 Å². The largest absolute Gasteiger partial charge is 0.394 e. The molecule has 6 nitrogen and oxygen atoms in total. The molecule has 6 heteroatoms. The summed E-state index contributed by atoms with van der Waals surface area (Å²) in [6.07, 6.45) is 78.0. The average Bonchev–Trinajstić information content (AvgIpc) is 3.42. The Bertz CT molecular complexity index is 1060. The topological polar surface area (TPSA) is 110 Å². The highest BCUT2D eigenvalue weighted by atomic mass is 16.3. The number of aliphatic hydroxyl groups is 4. The third kappa shape index (κ3) is 57.8. The molecule has 5 N–H and O–H groups in total. The van der Waals surface area contributed by atoms with Crippen LogP contribution in [0, 0.1) is 0 Å². The van der Waals surface area contributed by atoms with E-state index < -0.39 is 36.9 Å². The number of amides is 1. The lowest BCUT2D eigenvalue weighted by atomic mass is 9.99. The number of aliphatic hydroxyl groups excluding tert-OH is 4. The van der Waals surface area contributed by atoms with E-state index in [1.165, 1.54) is 340 Å². The molecule has 0 aromatic carbocycles. The normalized spacial score (nSPS) is 13.4. The van der Waals surface area contributed by atoms with Crippen molar-refractivity contribution < 1.29 is 25.2 Å². The molecule has 0 aromatic heterocycles. The van der Waals surface area contributed by atoms with E-state index in [4.69, 9.17) is 0 Å². The number of carbonyl (C=O) groups excluding carboxylic acids is 1. The van der Waals surface area contributed by atoms with Crippen molar-refractivity contribution >= 4 is 5.91 Å². The fraction of sp³-hybridized carbons (Fsp3) is 0.986. The first-order chi connectivity index (χ1) is 37.0. The zero-order valence-electron chi connectivity index (χ0n) is 51.3. The molecule has 1 amide bonds. The Hall–Kier alpha value is -0.690. The van der Waals surface area contributed by atoms with E-state index >= 15 is 0 Å². The lowest BCUT2D eigenvalue weighted by molar-refractivity contribution is -0.132. The highest BCUT2D eigenvalue weighted by Gasteiger charge is 2.28. The van der Waals surface area contributed by atoms with Crippen molar-refractivity contribution in [3.8, 4) is 0 Å². The van der Waals surface area contributed by atoms with E-state index in [2.05, 4.69) is 19.2 Å². The molecule has 0 radical (unpaired) electrons. The molecule has 0 saturated heterocycles. The van der Waals surface area contributed by atoms with Crippen molar-refractivity contribution in [2.24, 2.45) is 0 Å². The smallest absolute Gasteiger partial charge is 0.249 e. The van der Waals surface area contributed by atoms with Gasteiger partial charge in [0.1, 0.15) is 12.2 Å². The van der Waals surface area contributed by atoms with Crippen molar-refractivity contribution in [2.45, 2.75) is 430 Å². The number of unbranched alkanes of at least 4 members (excludes halogenated alkanes) is 57.